The van der Waals surface area contributed by atoms with Gasteiger partial charge >= 0.3 is 0 Å². The number of para-hydroxylation sites is 1. The molecular formula is C31H36N6O3. The highest BCUT2D eigenvalue weighted by molar-refractivity contribution is 5.97. The average molecular weight is 541 g/mol. The van der Waals surface area contributed by atoms with Crippen molar-refractivity contribution in [2.45, 2.75) is 64.1 Å². The molecule has 3 fully saturated rings. The Morgan fingerprint density at radius 2 is 1.93 bits per heavy atom. The van der Waals surface area contributed by atoms with Crippen LogP contribution in [0.4, 0.5) is 5.82 Å². The Kier molecular flexibility index (Phi) is 6.34. The molecule has 9 nitrogen and oxygen atoms in total. The molecule has 9 heteroatoms. The number of fused-ring (bicyclic) bond motifs is 3. The van der Waals surface area contributed by atoms with Crippen molar-refractivity contribution < 1.29 is 14.3 Å². The van der Waals surface area contributed by atoms with Gasteiger partial charge in [-0.05, 0) is 64.3 Å². The normalized spacial score (nSPS) is 21.4. The lowest BCUT2D eigenvalue weighted by Gasteiger charge is -2.59. The zero-order valence-electron chi connectivity index (χ0n) is 23.2. The molecule has 1 amide bonds. The van der Waals surface area contributed by atoms with Crippen LogP contribution in [0.5, 0.6) is 17.2 Å². The van der Waals surface area contributed by atoms with Crippen molar-refractivity contribution >= 4 is 11.7 Å². The summed E-state index contributed by atoms with van der Waals surface area (Å²) in [6, 6.07) is 9.85. The first-order valence-corrected chi connectivity index (χ1v) is 14.5. The molecule has 0 radical (unpaired) electrons. The Hall–Kier alpha value is -3.72. The minimum absolute atomic E-state index is 0.0325. The van der Waals surface area contributed by atoms with Gasteiger partial charge in [0, 0.05) is 55.3 Å². The Morgan fingerprint density at radius 3 is 2.77 bits per heavy atom. The standard InChI is InChI=1S/C31H36N6O3/c1-20(2)35-30(38)22-6-3-4-8-25(22)40-27-16-32-19-34-29(27)37-17-31(18-37)14-21(15-31)39-26-9-11-33-23-10-13-36-12-5-7-24(36)28(23)26/h3-4,6,8-9,11,16,19-21,24H,5,7,10,12-15,17-18H2,1-2H3,(H,35,38). The summed E-state index contributed by atoms with van der Waals surface area (Å²) in [5.74, 6) is 2.69. The van der Waals surface area contributed by atoms with Gasteiger partial charge in [-0.2, -0.15) is 0 Å². The van der Waals surface area contributed by atoms with Crippen LogP contribution < -0.4 is 19.7 Å². The summed E-state index contributed by atoms with van der Waals surface area (Å²) >= 11 is 0. The molecule has 7 rings (SSSR count). The van der Waals surface area contributed by atoms with E-state index >= 15 is 0 Å². The zero-order valence-corrected chi connectivity index (χ0v) is 23.2. The van der Waals surface area contributed by atoms with Gasteiger partial charge in [0.25, 0.3) is 5.91 Å². The van der Waals surface area contributed by atoms with Crippen molar-refractivity contribution in [3.05, 3.63) is 65.9 Å². The monoisotopic (exact) mass is 540 g/mol. The third-order valence-electron chi connectivity index (χ3n) is 8.76. The Labute approximate surface area is 234 Å². The number of nitrogens with zero attached hydrogens (tertiary/aromatic N) is 5. The van der Waals surface area contributed by atoms with Gasteiger partial charge in [-0.15, -0.1) is 0 Å². The summed E-state index contributed by atoms with van der Waals surface area (Å²) in [5, 5.41) is 2.94. The molecule has 2 saturated heterocycles. The molecule has 1 N–H and O–H groups in total. The van der Waals surface area contributed by atoms with Crippen LogP contribution in [0.2, 0.25) is 0 Å². The van der Waals surface area contributed by atoms with E-state index in [-0.39, 0.29) is 23.5 Å². The molecule has 1 unspecified atom stereocenters. The maximum absolute atomic E-state index is 12.7. The van der Waals surface area contributed by atoms with Crippen LogP contribution in [0, 0.1) is 5.41 Å². The molecule has 1 atom stereocenters. The fourth-order valence-electron chi connectivity index (χ4n) is 6.99. The van der Waals surface area contributed by atoms with E-state index in [1.54, 1.807) is 24.7 Å². The van der Waals surface area contributed by atoms with Crippen LogP contribution >= 0.6 is 0 Å². The fourth-order valence-corrected chi connectivity index (χ4v) is 6.99. The second-order valence-corrected chi connectivity index (χ2v) is 12.1. The molecule has 1 aromatic carbocycles. The predicted molar refractivity (Wildman–Crippen MR) is 151 cm³/mol. The molecule has 3 aliphatic heterocycles. The van der Waals surface area contributed by atoms with E-state index in [2.05, 4.69) is 31.2 Å². The van der Waals surface area contributed by atoms with Crippen molar-refractivity contribution in [3.8, 4) is 17.2 Å². The topological polar surface area (TPSA) is 92.7 Å². The van der Waals surface area contributed by atoms with Gasteiger partial charge in [-0.1, -0.05) is 12.1 Å². The van der Waals surface area contributed by atoms with E-state index in [0.717, 1.165) is 50.5 Å². The molecule has 40 heavy (non-hydrogen) atoms. The van der Waals surface area contributed by atoms with Crippen LogP contribution in [-0.4, -0.2) is 64.1 Å². The molecule has 4 aliphatic rings. The first-order chi connectivity index (χ1) is 19.5. The third kappa shape index (κ3) is 4.56. The molecule has 208 valence electrons. The smallest absolute Gasteiger partial charge is 0.255 e. The van der Waals surface area contributed by atoms with E-state index in [4.69, 9.17) is 14.5 Å². The van der Waals surface area contributed by atoms with Crippen LogP contribution in [0.25, 0.3) is 0 Å². The zero-order chi connectivity index (χ0) is 27.3. The van der Waals surface area contributed by atoms with Gasteiger partial charge in [0.2, 0.25) is 0 Å². The summed E-state index contributed by atoms with van der Waals surface area (Å²) in [6.45, 7) is 7.98. The highest BCUT2D eigenvalue weighted by Crippen LogP contribution is 2.52. The second-order valence-electron chi connectivity index (χ2n) is 12.1. The number of amides is 1. The lowest BCUT2D eigenvalue weighted by atomic mass is 9.61. The van der Waals surface area contributed by atoms with Gasteiger partial charge in [0.1, 0.15) is 23.9 Å². The summed E-state index contributed by atoms with van der Waals surface area (Å²) in [5.41, 5.74) is 3.30. The number of ether oxygens (including phenoxy) is 2. The first kappa shape index (κ1) is 25.3. The van der Waals surface area contributed by atoms with Gasteiger partial charge < -0.3 is 19.7 Å². The molecular weight excluding hydrogens is 504 g/mol. The third-order valence-corrected chi connectivity index (χ3v) is 8.76. The van der Waals surface area contributed by atoms with E-state index in [1.165, 1.54) is 30.6 Å². The molecule has 1 aliphatic carbocycles. The average Bonchev–Trinajstić information content (AvgIpc) is 3.39. The van der Waals surface area contributed by atoms with Crippen molar-refractivity contribution in [2.75, 3.05) is 31.1 Å². The lowest BCUT2D eigenvalue weighted by Crippen LogP contribution is -2.65. The van der Waals surface area contributed by atoms with Crippen LogP contribution in [0.1, 0.15) is 67.2 Å². The first-order valence-electron chi connectivity index (χ1n) is 14.5. The van der Waals surface area contributed by atoms with E-state index in [9.17, 15) is 4.79 Å². The van der Waals surface area contributed by atoms with Crippen molar-refractivity contribution in [3.63, 3.8) is 0 Å². The minimum Gasteiger partial charge on any atom is -0.490 e. The van der Waals surface area contributed by atoms with Crippen molar-refractivity contribution in [2.24, 2.45) is 5.41 Å². The lowest BCUT2D eigenvalue weighted by molar-refractivity contribution is -0.0355. The van der Waals surface area contributed by atoms with Gasteiger partial charge in [0.15, 0.2) is 11.6 Å². The Morgan fingerprint density at radius 1 is 1.07 bits per heavy atom. The Bertz CT molecular complexity index is 1410. The van der Waals surface area contributed by atoms with E-state index < -0.39 is 0 Å². The minimum atomic E-state index is -0.163. The number of anilines is 1. The molecule has 2 aromatic heterocycles. The van der Waals surface area contributed by atoms with Crippen molar-refractivity contribution in [1.29, 1.82) is 0 Å². The fraction of sp³-hybridized carbons (Fsp3) is 0.484. The number of carbonyl (C=O) groups excluding carboxylic acids is 1. The molecule has 1 spiro atoms. The number of hydrogen-bond donors (Lipinski definition) is 1. The summed E-state index contributed by atoms with van der Waals surface area (Å²) in [7, 11) is 0. The molecule has 1 saturated carbocycles. The molecule has 3 aromatic rings. The quantitative estimate of drug-likeness (QED) is 0.467. The number of pyridine rings is 1. The van der Waals surface area contributed by atoms with E-state index in [0.29, 0.717) is 23.1 Å². The SMILES string of the molecule is CC(C)NC(=O)c1ccccc1Oc1cncnc1N1CC2(CC(Oc3ccnc4c3C3CCCN3CC4)C2)C1. The number of hydrogen-bond acceptors (Lipinski definition) is 8. The van der Waals surface area contributed by atoms with Crippen LogP contribution in [0.3, 0.4) is 0 Å². The van der Waals surface area contributed by atoms with Gasteiger partial charge in [-0.3, -0.25) is 14.7 Å². The van der Waals surface area contributed by atoms with Crippen LogP contribution in [0.15, 0.2) is 49.1 Å². The number of aromatic nitrogens is 3. The predicted octanol–water partition coefficient (Wildman–Crippen LogP) is 4.54. The highest BCUT2D eigenvalue weighted by atomic mass is 16.5. The highest BCUT2D eigenvalue weighted by Gasteiger charge is 2.54. The van der Waals surface area contributed by atoms with Crippen LogP contribution in [-0.2, 0) is 6.42 Å². The molecule has 0 bridgehead atoms. The van der Waals surface area contributed by atoms with Gasteiger partial charge in [-0.25, -0.2) is 9.97 Å². The largest absolute Gasteiger partial charge is 0.490 e. The maximum atomic E-state index is 12.7. The maximum Gasteiger partial charge on any atom is 0.255 e. The Balaban J connectivity index is 1.01. The second kappa shape index (κ2) is 10.0. The summed E-state index contributed by atoms with van der Waals surface area (Å²) < 4.78 is 12.9. The summed E-state index contributed by atoms with van der Waals surface area (Å²) in [4.78, 5) is 31.0. The number of carbonyl (C=O) groups is 1. The number of rotatable bonds is 7. The number of nitrogens with one attached hydrogen (secondary N) is 1. The molecule has 5 heterocycles. The van der Waals surface area contributed by atoms with Gasteiger partial charge in [0.05, 0.1) is 17.5 Å². The van der Waals surface area contributed by atoms with E-state index in [1.807, 2.05) is 32.2 Å². The number of benzene rings is 1. The summed E-state index contributed by atoms with van der Waals surface area (Å²) in [6.07, 6.45) is 10.9. The van der Waals surface area contributed by atoms with Crippen molar-refractivity contribution in [1.82, 2.24) is 25.2 Å².